The molecule has 0 aliphatic heterocycles. The van der Waals surface area contributed by atoms with Gasteiger partial charge in [-0.2, -0.15) is 5.10 Å². The van der Waals surface area contributed by atoms with Crippen molar-refractivity contribution in [2.45, 2.75) is 0 Å². The van der Waals surface area contributed by atoms with Crippen molar-refractivity contribution in [3.05, 3.63) is 176 Å². The molecular weight excluding hydrogens is 558 g/mol. The number of hydrogen-bond acceptors (Lipinski definition) is 1. The Bertz CT molecular complexity index is 2450. The minimum Gasteiger partial charge on any atom is -0.309 e. The molecule has 0 unspecified atom stereocenters. The van der Waals surface area contributed by atoms with Gasteiger partial charge in [-0.1, -0.05) is 127 Å². The monoisotopic (exact) mass is 587 g/mol. The lowest BCUT2D eigenvalue weighted by Gasteiger charge is -2.11. The molecule has 0 aliphatic carbocycles. The Morgan fingerprint density at radius 3 is 1.63 bits per heavy atom. The predicted molar refractivity (Wildman–Crippen MR) is 192 cm³/mol. The van der Waals surface area contributed by atoms with E-state index in [1.807, 2.05) is 0 Å². The Morgan fingerprint density at radius 1 is 0.370 bits per heavy atom. The van der Waals surface area contributed by atoms with E-state index in [0.717, 1.165) is 33.9 Å². The third kappa shape index (κ3) is 4.41. The van der Waals surface area contributed by atoms with E-state index >= 15 is 0 Å². The van der Waals surface area contributed by atoms with Gasteiger partial charge in [0.2, 0.25) is 0 Å². The maximum absolute atomic E-state index is 5.22. The lowest BCUT2D eigenvalue weighted by atomic mass is 10.0. The Hall–Kier alpha value is -6.19. The largest absolute Gasteiger partial charge is 0.309 e. The zero-order chi connectivity index (χ0) is 30.5. The van der Waals surface area contributed by atoms with E-state index in [4.69, 9.17) is 5.10 Å². The van der Waals surface area contributed by atoms with Crippen molar-refractivity contribution >= 4 is 32.6 Å². The average Bonchev–Trinajstić information content (AvgIpc) is 3.73. The number of aromatic nitrogens is 3. The quantitative estimate of drug-likeness (QED) is 0.196. The van der Waals surface area contributed by atoms with Crippen LogP contribution in [0, 0.1) is 0 Å². The van der Waals surface area contributed by atoms with Crippen LogP contribution in [0.4, 0.5) is 0 Å². The van der Waals surface area contributed by atoms with Crippen molar-refractivity contribution in [3.63, 3.8) is 0 Å². The molecule has 216 valence electrons. The number of para-hydroxylation sites is 2. The first-order chi connectivity index (χ1) is 22.8. The van der Waals surface area contributed by atoms with Crippen LogP contribution in [0.25, 0.3) is 77.6 Å². The van der Waals surface area contributed by atoms with Crippen LogP contribution >= 0.6 is 0 Å². The molecule has 3 nitrogen and oxygen atoms in total. The first kappa shape index (κ1) is 26.2. The Balaban J connectivity index is 1.17. The van der Waals surface area contributed by atoms with Crippen molar-refractivity contribution in [1.29, 1.82) is 0 Å². The summed E-state index contributed by atoms with van der Waals surface area (Å²) in [5.74, 6) is 0. The van der Waals surface area contributed by atoms with E-state index < -0.39 is 0 Å². The molecule has 0 aliphatic rings. The Labute approximate surface area is 267 Å². The smallest absolute Gasteiger partial charge is 0.0934 e. The molecule has 0 fully saturated rings. The summed E-state index contributed by atoms with van der Waals surface area (Å²) in [6.07, 6.45) is 0. The van der Waals surface area contributed by atoms with E-state index in [1.165, 1.54) is 43.7 Å². The van der Waals surface area contributed by atoms with Crippen LogP contribution in [0.15, 0.2) is 176 Å². The van der Waals surface area contributed by atoms with Crippen molar-refractivity contribution in [3.8, 4) is 45.0 Å². The topological polar surface area (TPSA) is 22.8 Å². The molecule has 9 rings (SSSR count). The summed E-state index contributed by atoms with van der Waals surface area (Å²) >= 11 is 0. The molecule has 2 heterocycles. The van der Waals surface area contributed by atoms with Gasteiger partial charge in [0, 0.05) is 27.6 Å². The SMILES string of the molecule is c1ccc(-c2ccc(-c3cc(-c4ccc5ccccc5c4)nn3-c3ccc(-n4c5ccccc5c5ccccc54)cc3)cc2)cc1. The van der Waals surface area contributed by atoms with Crippen molar-refractivity contribution in [2.75, 3.05) is 0 Å². The molecule has 0 radical (unpaired) electrons. The molecule has 46 heavy (non-hydrogen) atoms. The van der Waals surface area contributed by atoms with Crippen LogP contribution in [0.5, 0.6) is 0 Å². The van der Waals surface area contributed by atoms with E-state index in [1.54, 1.807) is 0 Å². The van der Waals surface area contributed by atoms with Gasteiger partial charge < -0.3 is 4.57 Å². The molecule has 9 aromatic rings. The molecule has 0 spiro atoms. The van der Waals surface area contributed by atoms with Crippen LogP contribution in [0.1, 0.15) is 0 Å². The summed E-state index contributed by atoms with van der Waals surface area (Å²) in [4.78, 5) is 0. The summed E-state index contributed by atoms with van der Waals surface area (Å²) < 4.78 is 4.43. The number of benzene rings is 7. The van der Waals surface area contributed by atoms with E-state index in [9.17, 15) is 0 Å². The molecule has 0 saturated heterocycles. The normalized spacial score (nSPS) is 11.5. The lowest BCUT2D eigenvalue weighted by Crippen LogP contribution is -2.00. The predicted octanol–water partition coefficient (Wildman–Crippen LogP) is 11.1. The van der Waals surface area contributed by atoms with Crippen LogP contribution in [0.3, 0.4) is 0 Å². The molecule has 0 saturated carbocycles. The molecule has 2 aromatic heterocycles. The number of nitrogens with zero attached hydrogens (tertiary/aromatic N) is 3. The van der Waals surface area contributed by atoms with Gasteiger partial charge in [-0.3, -0.25) is 0 Å². The maximum Gasteiger partial charge on any atom is 0.0934 e. The number of fused-ring (bicyclic) bond motifs is 4. The maximum atomic E-state index is 5.22. The van der Waals surface area contributed by atoms with Crippen LogP contribution < -0.4 is 0 Å². The fourth-order valence-corrected chi connectivity index (χ4v) is 6.68. The third-order valence-corrected chi connectivity index (χ3v) is 8.97. The second kappa shape index (κ2) is 10.8. The summed E-state index contributed by atoms with van der Waals surface area (Å²) in [5, 5.41) is 10.2. The van der Waals surface area contributed by atoms with Crippen LogP contribution in [-0.2, 0) is 0 Å². The molecule has 0 atom stereocenters. The minimum atomic E-state index is 0.944. The van der Waals surface area contributed by atoms with E-state index in [-0.39, 0.29) is 0 Å². The van der Waals surface area contributed by atoms with Gasteiger partial charge in [0.1, 0.15) is 0 Å². The van der Waals surface area contributed by atoms with Crippen LogP contribution in [-0.4, -0.2) is 14.3 Å². The summed E-state index contributed by atoms with van der Waals surface area (Å²) in [7, 11) is 0. The molecule has 0 N–H and O–H groups in total. The second-order valence-corrected chi connectivity index (χ2v) is 11.7. The van der Waals surface area contributed by atoms with Gasteiger partial charge in [0.15, 0.2) is 0 Å². The average molecular weight is 588 g/mol. The lowest BCUT2D eigenvalue weighted by molar-refractivity contribution is 0.891. The molecular formula is C43H29N3. The highest BCUT2D eigenvalue weighted by atomic mass is 15.3. The molecule has 0 bridgehead atoms. The Kier molecular flexibility index (Phi) is 6.14. The van der Waals surface area contributed by atoms with E-state index in [0.29, 0.717) is 0 Å². The summed E-state index contributed by atoms with van der Waals surface area (Å²) in [6.45, 7) is 0. The van der Waals surface area contributed by atoms with Gasteiger partial charge >= 0.3 is 0 Å². The first-order valence-electron chi connectivity index (χ1n) is 15.6. The van der Waals surface area contributed by atoms with E-state index in [2.05, 4.69) is 185 Å². The second-order valence-electron chi connectivity index (χ2n) is 11.7. The van der Waals surface area contributed by atoms with Gasteiger partial charge in [-0.25, -0.2) is 4.68 Å². The number of rotatable bonds is 5. The van der Waals surface area contributed by atoms with Gasteiger partial charge in [-0.15, -0.1) is 0 Å². The molecule has 3 heteroatoms. The highest BCUT2D eigenvalue weighted by Gasteiger charge is 2.16. The number of hydrogen-bond donors (Lipinski definition) is 0. The highest BCUT2D eigenvalue weighted by molar-refractivity contribution is 6.09. The Morgan fingerprint density at radius 2 is 0.913 bits per heavy atom. The highest BCUT2D eigenvalue weighted by Crippen LogP contribution is 2.34. The fraction of sp³-hybridized carbons (Fsp3) is 0. The fourth-order valence-electron chi connectivity index (χ4n) is 6.68. The molecule has 0 amide bonds. The zero-order valence-electron chi connectivity index (χ0n) is 25.1. The van der Waals surface area contributed by atoms with Gasteiger partial charge in [-0.05, 0) is 70.4 Å². The van der Waals surface area contributed by atoms with Crippen molar-refractivity contribution < 1.29 is 0 Å². The van der Waals surface area contributed by atoms with Crippen LogP contribution in [0.2, 0.25) is 0 Å². The summed E-state index contributed by atoms with van der Waals surface area (Å²) in [5.41, 5.74) is 11.1. The first-order valence-corrected chi connectivity index (χ1v) is 15.6. The summed E-state index contributed by atoms with van der Waals surface area (Å²) in [6, 6.07) is 62.6. The van der Waals surface area contributed by atoms with Crippen molar-refractivity contribution in [2.24, 2.45) is 0 Å². The molecule has 7 aromatic carbocycles. The standard InChI is InChI=1S/C43H29N3/c1-2-10-30(11-3-1)32-18-21-33(22-19-32)43-29-40(35-23-20-31-12-4-5-13-34(31)28-35)44-46(43)37-26-24-36(25-27-37)45-41-16-8-6-14-38(41)39-15-7-9-17-42(39)45/h1-29H. The minimum absolute atomic E-state index is 0.944. The van der Waals surface area contributed by atoms with Gasteiger partial charge in [0.05, 0.1) is 28.1 Å². The zero-order valence-corrected chi connectivity index (χ0v) is 25.1. The van der Waals surface area contributed by atoms with Crippen molar-refractivity contribution in [1.82, 2.24) is 14.3 Å². The third-order valence-electron chi connectivity index (χ3n) is 8.97. The van der Waals surface area contributed by atoms with Gasteiger partial charge in [0.25, 0.3) is 0 Å².